The molecule has 29 heavy (non-hydrogen) atoms. The van der Waals surface area contributed by atoms with Crippen molar-refractivity contribution in [2.24, 2.45) is 10.9 Å². The Balaban J connectivity index is 1.38. The molecule has 2 N–H and O–H groups in total. The molecule has 6 nitrogen and oxygen atoms in total. The lowest BCUT2D eigenvalue weighted by atomic mass is 10.1. The number of aryl methyl sites for hydroxylation is 2. The van der Waals surface area contributed by atoms with Gasteiger partial charge in [0.2, 0.25) is 0 Å². The van der Waals surface area contributed by atoms with Crippen molar-refractivity contribution in [3.05, 3.63) is 47.8 Å². The third kappa shape index (κ3) is 7.54. The van der Waals surface area contributed by atoms with Gasteiger partial charge in [0.1, 0.15) is 0 Å². The summed E-state index contributed by atoms with van der Waals surface area (Å²) in [5, 5.41) is 11.4. The highest BCUT2D eigenvalue weighted by molar-refractivity contribution is 5.79. The summed E-state index contributed by atoms with van der Waals surface area (Å²) in [5.41, 5.74) is 3.48. The molecule has 0 radical (unpaired) electrons. The molecule has 1 aromatic carbocycles. The lowest BCUT2D eigenvalue weighted by Crippen LogP contribution is -2.38. The predicted molar refractivity (Wildman–Crippen MR) is 119 cm³/mol. The molecule has 1 saturated carbocycles. The molecule has 0 aliphatic heterocycles. The minimum atomic E-state index is 0.795. The van der Waals surface area contributed by atoms with Gasteiger partial charge in [-0.15, -0.1) is 0 Å². The van der Waals surface area contributed by atoms with E-state index in [1.165, 1.54) is 18.4 Å². The van der Waals surface area contributed by atoms with E-state index in [2.05, 4.69) is 47.9 Å². The van der Waals surface area contributed by atoms with Crippen molar-refractivity contribution in [3.63, 3.8) is 0 Å². The molecule has 0 bridgehead atoms. The van der Waals surface area contributed by atoms with E-state index in [9.17, 15) is 0 Å². The molecule has 0 saturated heterocycles. The van der Waals surface area contributed by atoms with E-state index in [1.807, 2.05) is 22.9 Å². The van der Waals surface area contributed by atoms with Crippen molar-refractivity contribution in [3.8, 4) is 5.69 Å². The van der Waals surface area contributed by atoms with Crippen LogP contribution in [0.4, 0.5) is 0 Å². The van der Waals surface area contributed by atoms with Gasteiger partial charge in [-0.2, -0.15) is 5.10 Å². The summed E-state index contributed by atoms with van der Waals surface area (Å²) in [4.78, 5) is 4.71. The minimum absolute atomic E-state index is 0.795. The molecule has 1 fully saturated rings. The van der Waals surface area contributed by atoms with Crippen LogP contribution < -0.4 is 10.6 Å². The second-order valence-electron chi connectivity index (χ2n) is 7.68. The lowest BCUT2D eigenvalue weighted by Gasteiger charge is -2.11. The number of aromatic nitrogens is 2. The SMILES string of the molecule is CCNC(=NCCCc1cn(-c2ccccc2)nc1C)NCCCOCC1CC1. The number of ether oxygens (including phenoxy) is 1. The largest absolute Gasteiger partial charge is 0.381 e. The van der Waals surface area contributed by atoms with Crippen LogP contribution in [0.1, 0.15) is 43.9 Å². The molecule has 2 aromatic rings. The Morgan fingerprint density at radius 1 is 1.21 bits per heavy atom. The highest BCUT2D eigenvalue weighted by Gasteiger charge is 2.20. The van der Waals surface area contributed by atoms with Crippen LogP contribution in [0.25, 0.3) is 5.69 Å². The summed E-state index contributed by atoms with van der Waals surface area (Å²) in [6, 6.07) is 10.2. The van der Waals surface area contributed by atoms with Crippen LogP contribution in [0.2, 0.25) is 0 Å². The van der Waals surface area contributed by atoms with Crippen molar-refractivity contribution in [2.45, 2.75) is 46.0 Å². The topological polar surface area (TPSA) is 63.5 Å². The fraction of sp³-hybridized carbons (Fsp3) is 0.565. The van der Waals surface area contributed by atoms with Gasteiger partial charge in [0, 0.05) is 39.0 Å². The number of aliphatic imine (C=N–C) groups is 1. The summed E-state index contributed by atoms with van der Waals surface area (Å²) < 4.78 is 7.65. The van der Waals surface area contributed by atoms with E-state index >= 15 is 0 Å². The standard InChI is InChI=1S/C23H35N5O/c1-3-24-23(26-15-8-16-29-18-20-12-13-20)25-14-7-9-21-17-28(27-19(21)2)22-10-5-4-6-11-22/h4-6,10-11,17,20H,3,7-9,12-16,18H2,1-2H3,(H2,24,25,26). The second-order valence-corrected chi connectivity index (χ2v) is 7.68. The molecular formula is C23H35N5O. The van der Waals surface area contributed by atoms with Crippen molar-refractivity contribution in [2.75, 3.05) is 32.8 Å². The Kier molecular flexibility index (Phi) is 8.56. The quantitative estimate of drug-likeness (QED) is 0.327. The van der Waals surface area contributed by atoms with Gasteiger partial charge in [-0.05, 0) is 69.6 Å². The molecule has 1 aliphatic rings. The Morgan fingerprint density at radius 3 is 2.79 bits per heavy atom. The van der Waals surface area contributed by atoms with Gasteiger partial charge in [-0.25, -0.2) is 4.68 Å². The van der Waals surface area contributed by atoms with E-state index in [1.54, 1.807) is 0 Å². The summed E-state index contributed by atoms with van der Waals surface area (Å²) in [7, 11) is 0. The van der Waals surface area contributed by atoms with Gasteiger partial charge < -0.3 is 15.4 Å². The predicted octanol–water partition coefficient (Wildman–Crippen LogP) is 3.49. The highest BCUT2D eigenvalue weighted by atomic mass is 16.5. The van der Waals surface area contributed by atoms with Crippen LogP contribution >= 0.6 is 0 Å². The van der Waals surface area contributed by atoms with Crippen LogP contribution in [-0.4, -0.2) is 48.6 Å². The molecule has 0 unspecified atom stereocenters. The van der Waals surface area contributed by atoms with Gasteiger partial charge in [-0.3, -0.25) is 4.99 Å². The van der Waals surface area contributed by atoms with E-state index in [-0.39, 0.29) is 0 Å². The number of nitrogens with zero attached hydrogens (tertiary/aromatic N) is 3. The van der Waals surface area contributed by atoms with E-state index < -0.39 is 0 Å². The first-order valence-corrected chi connectivity index (χ1v) is 11.0. The summed E-state index contributed by atoms with van der Waals surface area (Å²) in [6.45, 7) is 8.49. The summed E-state index contributed by atoms with van der Waals surface area (Å²) >= 11 is 0. The third-order valence-electron chi connectivity index (χ3n) is 5.05. The molecule has 0 amide bonds. The average Bonchev–Trinajstić information content (AvgIpc) is 3.49. The molecule has 0 spiro atoms. The van der Waals surface area contributed by atoms with Crippen molar-refractivity contribution in [1.82, 2.24) is 20.4 Å². The zero-order valence-corrected chi connectivity index (χ0v) is 17.9. The van der Waals surface area contributed by atoms with Gasteiger partial charge in [0.05, 0.1) is 11.4 Å². The van der Waals surface area contributed by atoms with Crippen LogP contribution in [-0.2, 0) is 11.2 Å². The van der Waals surface area contributed by atoms with Crippen molar-refractivity contribution < 1.29 is 4.74 Å². The maximum absolute atomic E-state index is 5.68. The Labute approximate surface area is 174 Å². The fourth-order valence-electron chi connectivity index (χ4n) is 3.17. The Morgan fingerprint density at radius 2 is 2.03 bits per heavy atom. The first-order chi connectivity index (χ1) is 14.3. The first-order valence-electron chi connectivity index (χ1n) is 11.0. The van der Waals surface area contributed by atoms with Crippen LogP contribution in [0.3, 0.4) is 0 Å². The van der Waals surface area contributed by atoms with Crippen molar-refractivity contribution in [1.29, 1.82) is 0 Å². The highest BCUT2D eigenvalue weighted by Crippen LogP contribution is 2.28. The molecule has 158 valence electrons. The third-order valence-corrected chi connectivity index (χ3v) is 5.05. The monoisotopic (exact) mass is 397 g/mol. The van der Waals surface area contributed by atoms with E-state index in [4.69, 9.17) is 9.73 Å². The second kappa shape index (κ2) is 11.6. The van der Waals surface area contributed by atoms with Crippen LogP contribution in [0.5, 0.6) is 0 Å². The number of para-hydroxylation sites is 1. The minimum Gasteiger partial charge on any atom is -0.381 e. The van der Waals surface area contributed by atoms with Crippen LogP contribution in [0, 0.1) is 12.8 Å². The molecular weight excluding hydrogens is 362 g/mol. The van der Waals surface area contributed by atoms with E-state index in [0.717, 1.165) is 75.4 Å². The molecule has 0 atom stereocenters. The number of guanidine groups is 1. The molecule has 1 aliphatic carbocycles. The average molecular weight is 398 g/mol. The number of benzene rings is 1. The van der Waals surface area contributed by atoms with Gasteiger partial charge >= 0.3 is 0 Å². The van der Waals surface area contributed by atoms with Crippen LogP contribution in [0.15, 0.2) is 41.5 Å². The molecule has 1 heterocycles. The number of hydrogen-bond acceptors (Lipinski definition) is 3. The fourth-order valence-corrected chi connectivity index (χ4v) is 3.17. The molecule has 1 aromatic heterocycles. The van der Waals surface area contributed by atoms with Crippen molar-refractivity contribution >= 4 is 5.96 Å². The van der Waals surface area contributed by atoms with Gasteiger partial charge in [0.15, 0.2) is 5.96 Å². The van der Waals surface area contributed by atoms with Gasteiger partial charge in [0.25, 0.3) is 0 Å². The number of nitrogens with one attached hydrogen (secondary N) is 2. The zero-order valence-electron chi connectivity index (χ0n) is 17.9. The maximum atomic E-state index is 5.68. The number of rotatable bonds is 12. The molecule has 6 heteroatoms. The maximum Gasteiger partial charge on any atom is 0.191 e. The number of hydrogen-bond donors (Lipinski definition) is 2. The smallest absolute Gasteiger partial charge is 0.191 e. The normalized spacial score (nSPS) is 14.2. The first kappa shape index (κ1) is 21.4. The van der Waals surface area contributed by atoms with E-state index in [0.29, 0.717) is 0 Å². The Bertz CT molecular complexity index is 752. The lowest BCUT2D eigenvalue weighted by molar-refractivity contribution is 0.123. The summed E-state index contributed by atoms with van der Waals surface area (Å²) in [6.07, 6.45) is 7.83. The molecule has 3 rings (SSSR count). The zero-order chi connectivity index (χ0) is 20.3. The Hall–Kier alpha value is -2.34. The summed E-state index contributed by atoms with van der Waals surface area (Å²) in [5.74, 6) is 1.73. The van der Waals surface area contributed by atoms with Gasteiger partial charge in [-0.1, -0.05) is 18.2 Å².